The first-order chi connectivity index (χ1) is 8.78. The molecule has 0 atom stereocenters. The summed E-state index contributed by atoms with van der Waals surface area (Å²) in [4.78, 5) is 44.5. The lowest BCUT2D eigenvalue weighted by atomic mass is 9.56. The lowest BCUT2D eigenvalue weighted by Crippen LogP contribution is -2.53. The average molecular weight is 290 g/mol. The largest absolute Gasteiger partial charge is 0.481 e. The van der Waals surface area contributed by atoms with Crippen LogP contribution in [-0.4, -0.2) is 44.3 Å². The van der Waals surface area contributed by atoms with Crippen molar-refractivity contribution >= 4 is 23.9 Å². The van der Waals surface area contributed by atoms with Gasteiger partial charge in [-0.25, -0.2) is 0 Å². The number of hydrogen-bond donors (Lipinski definition) is 4. The molecular formula is C12H18O8. The summed E-state index contributed by atoms with van der Waals surface area (Å²) in [5.41, 5.74) is -3.24. The second kappa shape index (κ2) is 5.48. The van der Waals surface area contributed by atoms with Gasteiger partial charge in [0.1, 0.15) is 0 Å². The van der Waals surface area contributed by atoms with E-state index in [1.54, 1.807) is 0 Å². The van der Waals surface area contributed by atoms with E-state index in [1.165, 1.54) is 27.7 Å². The minimum absolute atomic E-state index is 1.23. The number of carboxylic acids is 4. The summed E-state index contributed by atoms with van der Waals surface area (Å²) in [7, 11) is 0. The fraction of sp³-hybridized carbons (Fsp3) is 0.667. The van der Waals surface area contributed by atoms with Crippen LogP contribution >= 0.6 is 0 Å². The normalized spacial score (nSPS) is 12.5. The maximum absolute atomic E-state index is 11.1. The van der Waals surface area contributed by atoms with Crippen molar-refractivity contribution in [3.8, 4) is 0 Å². The fourth-order valence-corrected chi connectivity index (χ4v) is 2.19. The zero-order valence-electron chi connectivity index (χ0n) is 11.6. The van der Waals surface area contributed by atoms with Crippen LogP contribution in [0.3, 0.4) is 0 Å². The number of carboxylic acid groups (broad SMARTS) is 4. The van der Waals surface area contributed by atoms with Crippen LogP contribution in [0.15, 0.2) is 0 Å². The SMILES string of the molecule is CC(C)(C(C(=O)O)C(=O)O)C(C)(C)C(C(=O)O)C(=O)O. The zero-order chi connectivity index (χ0) is 16.5. The Morgan fingerprint density at radius 1 is 0.600 bits per heavy atom. The van der Waals surface area contributed by atoms with Crippen molar-refractivity contribution in [2.45, 2.75) is 27.7 Å². The Hall–Kier alpha value is -2.12. The number of carbonyl (C=O) groups is 4. The van der Waals surface area contributed by atoms with Gasteiger partial charge in [0.25, 0.3) is 0 Å². The van der Waals surface area contributed by atoms with Gasteiger partial charge < -0.3 is 20.4 Å². The molecule has 8 heteroatoms. The van der Waals surface area contributed by atoms with E-state index >= 15 is 0 Å². The second-order valence-corrected chi connectivity index (χ2v) is 5.66. The van der Waals surface area contributed by atoms with Gasteiger partial charge >= 0.3 is 23.9 Å². The minimum atomic E-state index is -1.93. The Morgan fingerprint density at radius 3 is 0.850 bits per heavy atom. The lowest BCUT2D eigenvalue weighted by molar-refractivity contribution is -0.178. The Kier molecular flexibility index (Phi) is 4.90. The Morgan fingerprint density at radius 2 is 0.750 bits per heavy atom. The maximum atomic E-state index is 11.1. The molecular weight excluding hydrogens is 272 g/mol. The van der Waals surface area contributed by atoms with Gasteiger partial charge in [-0.2, -0.15) is 0 Å². The van der Waals surface area contributed by atoms with Gasteiger partial charge in [0, 0.05) is 0 Å². The van der Waals surface area contributed by atoms with Gasteiger partial charge in [-0.05, 0) is 10.8 Å². The van der Waals surface area contributed by atoms with Gasteiger partial charge in [0.2, 0.25) is 0 Å². The molecule has 4 N–H and O–H groups in total. The van der Waals surface area contributed by atoms with E-state index in [9.17, 15) is 19.2 Å². The monoisotopic (exact) mass is 290 g/mol. The molecule has 8 nitrogen and oxygen atoms in total. The predicted molar refractivity (Wildman–Crippen MR) is 65.1 cm³/mol. The number of rotatable bonds is 7. The molecule has 0 spiro atoms. The lowest BCUT2D eigenvalue weighted by Gasteiger charge is -2.45. The van der Waals surface area contributed by atoms with E-state index in [4.69, 9.17) is 20.4 Å². The Labute approximate surface area is 115 Å². The van der Waals surface area contributed by atoms with Crippen LogP contribution in [0.1, 0.15) is 27.7 Å². The standard InChI is InChI=1S/C12H18O8/c1-11(2,5(7(13)14)8(15)16)12(3,4)6(9(17)18)10(19)20/h5-6H,1-4H3,(H,13,14)(H,15,16)(H,17,18)(H,19,20). The van der Waals surface area contributed by atoms with Crippen LogP contribution < -0.4 is 0 Å². The predicted octanol–water partition coefficient (Wildman–Crippen LogP) is 0.610. The first-order valence-corrected chi connectivity index (χ1v) is 5.69. The summed E-state index contributed by atoms with van der Waals surface area (Å²) >= 11 is 0. The highest BCUT2D eigenvalue weighted by atomic mass is 16.4. The van der Waals surface area contributed by atoms with Gasteiger partial charge in [-0.3, -0.25) is 19.2 Å². The molecule has 0 amide bonds. The second-order valence-electron chi connectivity index (χ2n) is 5.66. The highest BCUT2D eigenvalue weighted by Crippen LogP contribution is 2.49. The molecule has 0 saturated heterocycles. The van der Waals surface area contributed by atoms with E-state index in [2.05, 4.69) is 0 Å². The van der Waals surface area contributed by atoms with E-state index in [0.717, 1.165) is 0 Å². The van der Waals surface area contributed by atoms with Crippen molar-refractivity contribution < 1.29 is 39.6 Å². The van der Waals surface area contributed by atoms with Gasteiger partial charge in [0.15, 0.2) is 11.8 Å². The maximum Gasteiger partial charge on any atom is 0.318 e. The molecule has 0 aromatic heterocycles. The molecule has 0 aliphatic heterocycles. The molecule has 0 aliphatic rings. The Bertz CT molecular complexity index is 378. The van der Waals surface area contributed by atoms with Crippen molar-refractivity contribution in [3.63, 3.8) is 0 Å². The fourth-order valence-electron chi connectivity index (χ4n) is 2.19. The molecule has 0 saturated carbocycles. The van der Waals surface area contributed by atoms with Crippen LogP contribution in [0.5, 0.6) is 0 Å². The van der Waals surface area contributed by atoms with E-state index in [1.807, 2.05) is 0 Å². The molecule has 0 fully saturated rings. The molecule has 114 valence electrons. The highest BCUT2D eigenvalue weighted by molar-refractivity contribution is 5.96. The summed E-state index contributed by atoms with van der Waals surface area (Å²) in [6.45, 7) is 4.94. The summed E-state index contributed by atoms with van der Waals surface area (Å²) in [5.74, 6) is -10.5. The topological polar surface area (TPSA) is 149 Å². The third-order valence-corrected chi connectivity index (χ3v) is 4.09. The van der Waals surface area contributed by atoms with Crippen molar-refractivity contribution in [1.29, 1.82) is 0 Å². The first kappa shape index (κ1) is 17.9. The zero-order valence-corrected chi connectivity index (χ0v) is 11.6. The third-order valence-electron chi connectivity index (χ3n) is 4.09. The molecule has 0 heterocycles. The summed E-state index contributed by atoms with van der Waals surface area (Å²) in [6.07, 6.45) is 0. The molecule has 0 aliphatic carbocycles. The van der Waals surface area contributed by atoms with Crippen LogP contribution in [0, 0.1) is 22.7 Å². The molecule has 0 radical (unpaired) electrons. The van der Waals surface area contributed by atoms with Crippen molar-refractivity contribution in [3.05, 3.63) is 0 Å². The van der Waals surface area contributed by atoms with Crippen LogP contribution in [0.2, 0.25) is 0 Å². The van der Waals surface area contributed by atoms with Crippen LogP contribution in [-0.2, 0) is 19.2 Å². The average Bonchev–Trinajstić information content (AvgIpc) is 2.11. The Balaban J connectivity index is 5.99. The van der Waals surface area contributed by atoms with E-state index in [-0.39, 0.29) is 0 Å². The smallest absolute Gasteiger partial charge is 0.318 e. The summed E-state index contributed by atoms with van der Waals surface area (Å²) in [5, 5.41) is 36.1. The van der Waals surface area contributed by atoms with E-state index in [0.29, 0.717) is 0 Å². The summed E-state index contributed by atoms with van der Waals surface area (Å²) < 4.78 is 0. The van der Waals surface area contributed by atoms with Crippen LogP contribution in [0.25, 0.3) is 0 Å². The van der Waals surface area contributed by atoms with Gasteiger partial charge in [-0.1, -0.05) is 27.7 Å². The van der Waals surface area contributed by atoms with Gasteiger partial charge in [0.05, 0.1) is 0 Å². The molecule has 0 aromatic carbocycles. The van der Waals surface area contributed by atoms with Gasteiger partial charge in [-0.15, -0.1) is 0 Å². The third kappa shape index (κ3) is 2.89. The van der Waals surface area contributed by atoms with E-state index < -0.39 is 46.5 Å². The highest BCUT2D eigenvalue weighted by Gasteiger charge is 2.57. The molecule has 0 bridgehead atoms. The molecule has 0 unspecified atom stereocenters. The quantitative estimate of drug-likeness (QED) is 0.498. The summed E-state index contributed by atoms with van der Waals surface area (Å²) in [6, 6.07) is 0. The van der Waals surface area contributed by atoms with Crippen molar-refractivity contribution in [2.24, 2.45) is 22.7 Å². The first-order valence-electron chi connectivity index (χ1n) is 5.69. The van der Waals surface area contributed by atoms with Crippen LogP contribution in [0.4, 0.5) is 0 Å². The molecule has 20 heavy (non-hydrogen) atoms. The number of hydrogen-bond acceptors (Lipinski definition) is 4. The minimum Gasteiger partial charge on any atom is -0.481 e. The molecule has 0 aromatic rings. The van der Waals surface area contributed by atoms with Crippen molar-refractivity contribution in [2.75, 3.05) is 0 Å². The number of aliphatic carboxylic acids is 4. The molecule has 0 rings (SSSR count). The van der Waals surface area contributed by atoms with Crippen molar-refractivity contribution in [1.82, 2.24) is 0 Å².